The fourth-order valence-corrected chi connectivity index (χ4v) is 2.28. The van der Waals surface area contributed by atoms with Crippen LogP contribution in [0.15, 0.2) is 6.20 Å². The van der Waals surface area contributed by atoms with Crippen LogP contribution in [0.3, 0.4) is 0 Å². The Morgan fingerprint density at radius 2 is 2.43 bits per heavy atom. The van der Waals surface area contributed by atoms with Crippen LogP contribution >= 0.6 is 11.6 Å². The zero-order chi connectivity index (χ0) is 10.2. The summed E-state index contributed by atoms with van der Waals surface area (Å²) in [6.07, 6.45) is 4.69. The van der Waals surface area contributed by atoms with Crippen molar-refractivity contribution in [1.82, 2.24) is 9.78 Å². The van der Waals surface area contributed by atoms with Gasteiger partial charge in [-0.1, -0.05) is 11.6 Å². The minimum Gasteiger partial charge on any atom is -0.254 e. The van der Waals surface area contributed by atoms with Gasteiger partial charge in [0.25, 0.3) is 0 Å². The number of hydrogen-bond acceptors (Lipinski definition) is 2. The Hall–Kier alpha value is -1.01. The van der Waals surface area contributed by atoms with Gasteiger partial charge in [0.1, 0.15) is 5.15 Å². The van der Waals surface area contributed by atoms with Crippen LogP contribution in [0.25, 0.3) is 0 Å². The van der Waals surface area contributed by atoms with Crippen LogP contribution < -0.4 is 0 Å². The molecule has 74 valence electrons. The molecule has 1 fully saturated rings. The predicted octanol–water partition coefficient (Wildman–Crippen LogP) is 2.50. The van der Waals surface area contributed by atoms with Crippen molar-refractivity contribution in [2.24, 2.45) is 0 Å². The van der Waals surface area contributed by atoms with E-state index in [0.717, 1.165) is 31.4 Å². The Morgan fingerprint density at radius 1 is 1.71 bits per heavy atom. The van der Waals surface area contributed by atoms with Crippen LogP contribution in [-0.4, -0.2) is 9.78 Å². The van der Waals surface area contributed by atoms with Gasteiger partial charge in [0, 0.05) is 12.1 Å². The highest BCUT2D eigenvalue weighted by atomic mass is 35.5. The maximum Gasteiger partial charge on any atom is 0.131 e. The fourth-order valence-electron chi connectivity index (χ4n) is 1.88. The van der Waals surface area contributed by atoms with Crippen LogP contribution in [-0.2, 0) is 12.0 Å². The van der Waals surface area contributed by atoms with Gasteiger partial charge in [-0.2, -0.15) is 10.4 Å². The lowest BCUT2D eigenvalue weighted by atomic mass is 9.66. The van der Waals surface area contributed by atoms with Crippen molar-refractivity contribution in [3.05, 3.63) is 16.9 Å². The lowest BCUT2D eigenvalue weighted by Crippen LogP contribution is -2.32. The van der Waals surface area contributed by atoms with E-state index in [4.69, 9.17) is 16.9 Å². The van der Waals surface area contributed by atoms with Gasteiger partial charge in [-0.05, 0) is 26.2 Å². The smallest absolute Gasteiger partial charge is 0.131 e. The van der Waals surface area contributed by atoms with Gasteiger partial charge in [-0.3, -0.25) is 4.68 Å². The number of rotatable bonds is 2. The fraction of sp³-hybridized carbons (Fsp3) is 0.600. The molecule has 0 atom stereocenters. The second-order valence-corrected chi connectivity index (χ2v) is 4.07. The molecule has 3 nitrogen and oxygen atoms in total. The molecule has 0 aliphatic heterocycles. The van der Waals surface area contributed by atoms with E-state index in [1.165, 1.54) is 0 Å². The summed E-state index contributed by atoms with van der Waals surface area (Å²) >= 11 is 6.15. The van der Waals surface area contributed by atoms with Crippen molar-refractivity contribution in [2.75, 3.05) is 0 Å². The normalized spacial score (nSPS) is 18.6. The monoisotopic (exact) mass is 209 g/mol. The number of nitrogens with zero attached hydrogens (tertiary/aromatic N) is 3. The Balaban J connectivity index is 2.42. The highest BCUT2D eigenvalue weighted by Crippen LogP contribution is 2.45. The van der Waals surface area contributed by atoms with Crippen molar-refractivity contribution in [3.8, 4) is 6.07 Å². The Morgan fingerprint density at radius 3 is 2.79 bits per heavy atom. The van der Waals surface area contributed by atoms with E-state index in [1.807, 2.05) is 6.92 Å². The molecule has 0 amide bonds. The summed E-state index contributed by atoms with van der Waals surface area (Å²) in [5.41, 5.74) is 0.569. The lowest BCUT2D eigenvalue weighted by molar-refractivity contribution is 0.324. The molecule has 1 aromatic rings. The second-order valence-electron chi connectivity index (χ2n) is 3.71. The number of aryl methyl sites for hydroxylation is 1. The molecule has 0 N–H and O–H groups in total. The van der Waals surface area contributed by atoms with Gasteiger partial charge in [0.15, 0.2) is 0 Å². The number of halogens is 1. The summed E-state index contributed by atoms with van der Waals surface area (Å²) in [6, 6.07) is 2.37. The molecule has 0 saturated heterocycles. The molecule has 0 spiro atoms. The summed E-state index contributed by atoms with van der Waals surface area (Å²) in [5, 5.41) is 13.9. The van der Waals surface area contributed by atoms with E-state index in [-0.39, 0.29) is 5.41 Å². The first-order valence-corrected chi connectivity index (χ1v) is 5.24. The molecule has 0 bridgehead atoms. The standard InChI is InChI=1S/C10H12ClN3/c1-2-14-9(11)8(6-13-14)10(7-12)4-3-5-10/h6H,2-5H2,1H3. The summed E-state index contributed by atoms with van der Waals surface area (Å²) < 4.78 is 1.73. The van der Waals surface area contributed by atoms with Gasteiger partial charge < -0.3 is 0 Å². The largest absolute Gasteiger partial charge is 0.254 e. The zero-order valence-corrected chi connectivity index (χ0v) is 8.88. The minimum absolute atomic E-state index is 0.343. The maximum absolute atomic E-state index is 9.15. The second kappa shape index (κ2) is 3.29. The van der Waals surface area contributed by atoms with Crippen LogP contribution in [0.1, 0.15) is 31.7 Å². The van der Waals surface area contributed by atoms with E-state index in [0.29, 0.717) is 5.15 Å². The molecule has 1 aliphatic rings. The summed E-state index contributed by atoms with van der Waals surface area (Å²) in [7, 11) is 0. The Bertz CT molecular complexity index is 385. The van der Waals surface area contributed by atoms with E-state index in [9.17, 15) is 0 Å². The van der Waals surface area contributed by atoms with Gasteiger partial charge in [0.2, 0.25) is 0 Å². The van der Waals surface area contributed by atoms with E-state index < -0.39 is 0 Å². The molecule has 1 saturated carbocycles. The zero-order valence-electron chi connectivity index (χ0n) is 8.13. The van der Waals surface area contributed by atoms with Crippen LogP contribution in [0.4, 0.5) is 0 Å². The number of hydrogen-bond donors (Lipinski definition) is 0. The highest BCUT2D eigenvalue weighted by Gasteiger charge is 2.41. The van der Waals surface area contributed by atoms with Gasteiger partial charge in [-0.25, -0.2) is 0 Å². The van der Waals surface area contributed by atoms with Crippen molar-refractivity contribution < 1.29 is 0 Å². The quantitative estimate of drug-likeness (QED) is 0.751. The average Bonchev–Trinajstić information content (AvgIpc) is 2.48. The first-order chi connectivity index (χ1) is 6.73. The molecule has 2 rings (SSSR count). The van der Waals surface area contributed by atoms with E-state index in [2.05, 4.69) is 11.2 Å². The highest BCUT2D eigenvalue weighted by molar-refractivity contribution is 6.30. The predicted molar refractivity (Wildman–Crippen MR) is 54.1 cm³/mol. The topological polar surface area (TPSA) is 41.6 Å². The first kappa shape index (κ1) is 9.54. The minimum atomic E-state index is -0.343. The van der Waals surface area contributed by atoms with Crippen molar-refractivity contribution >= 4 is 11.6 Å². The third-order valence-corrected chi connectivity index (χ3v) is 3.41. The van der Waals surface area contributed by atoms with Crippen molar-refractivity contribution in [3.63, 3.8) is 0 Å². The van der Waals surface area contributed by atoms with Gasteiger partial charge >= 0.3 is 0 Å². The molecule has 4 heteroatoms. The van der Waals surface area contributed by atoms with Gasteiger partial charge in [-0.15, -0.1) is 0 Å². The molecular formula is C10H12ClN3. The third kappa shape index (κ3) is 1.14. The molecule has 1 aromatic heterocycles. The molecule has 0 aromatic carbocycles. The van der Waals surface area contributed by atoms with Crippen LogP contribution in [0.2, 0.25) is 5.15 Å². The molecule has 1 aliphatic carbocycles. The maximum atomic E-state index is 9.15. The average molecular weight is 210 g/mol. The first-order valence-electron chi connectivity index (χ1n) is 4.86. The molecular weight excluding hydrogens is 198 g/mol. The summed E-state index contributed by atoms with van der Waals surface area (Å²) in [5.74, 6) is 0. The summed E-state index contributed by atoms with van der Waals surface area (Å²) in [4.78, 5) is 0. The molecule has 1 heterocycles. The van der Waals surface area contributed by atoms with Crippen LogP contribution in [0.5, 0.6) is 0 Å². The van der Waals surface area contributed by atoms with Crippen molar-refractivity contribution in [1.29, 1.82) is 5.26 Å². The summed E-state index contributed by atoms with van der Waals surface area (Å²) in [6.45, 7) is 2.74. The Kier molecular flexibility index (Phi) is 2.24. The van der Waals surface area contributed by atoms with Crippen molar-refractivity contribution in [2.45, 2.75) is 38.1 Å². The third-order valence-electron chi connectivity index (χ3n) is 3.01. The Labute approximate surface area is 88.3 Å². The van der Waals surface area contributed by atoms with Gasteiger partial charge in [0.05, 0.1) is 17.7 Å². The SMILES string of the molecule is CCn1ncc(C2(C#N)CCC2)c1Cl. The molecule has 14 heavy (non-hydrogen) atoms. The lowest BCUT2D eigenvalue weighted by Gasteiger charge is -2.34. The molecule has 0 unspecified atom stereocenters. The number of nitriles is 1. The van der Waals surface area contributed by atoms with E-state index >= 15 is 0 Å². The van der Waals surface area contributed by atoms with Crippen LogP contribution in [0, 0.1) is 11.3 Å². The number of aromatic nitrogens is 2. The molecule has 0 radical (unpaired) electrons. The van der Waals surface area contributed by atoms with E-state index in [1.54, 1.807) is 10.9 Å².